The molecule has 0 radical (unpaired) electrons. The second-order valence-corrected chi connectivity index (χ2v) is 9.53. The number of nitrogens with zero attached hydrogens (tertiary/aromatic N) is 1. The first kappa shape index (κ1) is 23.2. The highest BCUT2D eigenvalue weighted by molar-refractivity contribution is 5.80. The summed E-state index contributed by atoms with van der Waals surface area (Å²) in [5.41, 5.74) is 2.89. The lowest BCUT2D eigenvalue weighted by Crippen LogP contribution is -2.46. The summed E-state index contributed by atoms with van der Waals surface area (Å²) in [6.45, 7) is 1.74. The molecule has 8 nitrogen and oxygen atoms in total. The quantitative estimate of drug-likeness (QED) is 0.615. The topological polar surface area (TPSA) is 97.3 Å². The molecule has 0 saturated carbocycles. The minimum atomic E-state index is -1.11. The average molecular weight is 479 g/mol. The maximum atomic E-state index is 12.6. The number of benzene rings is 2. The summed E-state index contributed by atoms with van der Waals surface area (Å²) in [5, 5.41) is 12.1. The fraction of sp³-hybridized carbons (Fsp3) is 0.407. The average Bonchev–Trinajstić information content (AvgIpc) is 3.10. The second kappa shape index (κ2) is 9.26. The molecule has 1 spiro atoms. The SMILES string of the molecule is COc1ccc2c3c1OC1CC(OC(=O)NC(Cc4ccccc4)C(=O)O)C=CC31CCN(C)C2. The summed E-state index contributed by atoms with van der Waals surface area (Å²) in [6, 6.07) is 12.2. The third kappa shape index (κ3) is 4.34. The Balaban J connectivity index is 1.32. The molecule has 2 aromatic carbocycles. The van der Waals surface area contributed by atoms with Gasteiger partial charge in [-0.2, -0.15) is 0 Å². The lowest BCUT2D eigenvalue weighted by Gasteiger charge is -2.36. The molecular formula is C27H30N2O6. The van der Waals surface area contributed by atoms with Crippen molar-refractivity contribution < 1.29 is 28.9 Å². The number of hydrogen-bond acceptors (Lipinski definition) is 6. The van der Waals surface area contributed by atoms with Gasteiger partial charge in [0.2, 0.25) is 0 Å². The van der Waals surface area contributed by atoms with Crippen molar-refractivity contribution in [2.75, 3.05) is 20.7 Å². The van der Waals surface area contributed by atoms with Gasteiger partial charge in [-0.25, -0.2) is 9.59 Å². The Morgan fingerprint density at radius 1 is 1.26 bits per heavy atom. The summed E-state index contributed by atoms with van der Waals surface area (Å²) < 4.78 is 17.7. The number of methoxy groups -OCH3 is 1. The number of alkyl carbamates (subject to hydrolysis) is 1. The van der Waals surface area contributed by atoms with E-state index in [9.17, 15) is 14.7 Å². The summed E-state index contributed by atoms with van der Waals surface area (Å²) in [7, 11) is 3.75. The molecule has 8 heteroatoms. The predicted molar refractivity (Wildman–Crippen MR) is 129 cm³/mol. The van der Waals surface area contributed by atoms with E-state index in [0.29, 0.717) is 12.2 Å². The van der Waals surface area contributed by atoms with Crippen LogP contribution in [-0.2, 0) is 27.9 Å². The molecule has 2 aliphatic heterocycles. The van der Waals surface area contributed by atoms with E-state index in [4.69, 9.17) is 14.2 Å². The number of amides is 1. The third-order valence-electron chi connectivity index (χ3n) is 7.26. The highest BCUT2D eigenvalue weighted by Gasteiger charge is 2.53. The van der Waals surface area contributed by atoms with Crippen LogP contribution in [0.5, 0.6) is 11.5 Å². The largest absolute Gasteiger partial charge is 0.493 e. The number of carbonyl (C=O) groups is 2. The monoisotopic (exact) mass is 478 g/mol. The van der Waals surface area contributed by atoms with Crippen LogP contribution < -0.4 is 14.8 Å². The Labute approximate surface area is 204 Å². The van der Waals surface area contributed by atoms with E-state index >= 15 is 0 Å². The van der Waals surface area contributed by atoms with Crippen LogP contribution in [0.2, 0.25) is 0 Å². The zero-order chi connectivity index (χ0) is 24.6. The van der Waals surface area contributed by atoms with Gasteiger partial charge < -0.3 is 29.5 Å². The van der Waals surface area contributed by atoms with Gasteiger partial charge in [-0.3, -0.25) is 0 Å². The van der Waals surface area contributed by atoms with Crippen molar-refractivity contribution in [3.8, 4) is 11.5 Å². The zero-order valence-corrected chi connectivity index (χ0v) is 19.9. The molecule has 2 N–H and O–H groups in total. The van der Waals surface area contributed by atoms with Gasteiger partial charge in [0.05, 0.1) is 12.5 Å². The Bertz CT molecular complexity index is 1150. The lowest BCUT2D eigenvalue weighted by atomic mass is 9.69. The van der Waals surface area contributed by atoms with Crippen molar-refractivity contribution >= 4 is 12.1 Å². The number of ether oxygens (including phenoxy) is 3. The van der Waals surface area contributed by atoms with Crippen molar-refractivity contribution in [3.05, 3.63) is 71.3 Å². The van der Waals surface area contributed by atoms with E-state index in [2.05, 4.69) is 29.4 Å². The van der Waals surface area contributed by atoms with Crippen LogP contribution in [0.1, 0.15) is 29.5 Å². The van der Waals surface area contributed by atoms with Gasteiger partial charge in [-0.05, 0) is 43.3 Å². The summed E-state index contributed by atoms with van der Waals surface area (Å²) in [6.07, 6.45) is 4.07. The van der Waals surface area contributed by atoms with Crippen molar-refractivity contribution in [2.24, 2.45) is 0 Å². The highest BCUT2D eigenvalue weighted by atomic mass is 16.6. The second-order valence-electron chi connectivity index (χ2n) is 9.53. The van der Waals surface area contributed by atoms with Gasteiger partial charge in [0.25, 0.3) is 0 Å². The van der Waals surface area contributed by atoms with E-state index in [-0.39, 0.29) is 17.9 Å². The molecule has 2 aromatic rings. The lowest BCUT2D eigenvalue weighted by molar-refractivity contribution is -0.139. The molecule has 5 rings (SSSR count). The number of aliphatic carboxylic acids is 1. The molecule has 1 aliphatic carbocycles. The molecule has 1 amide bonds. The molecule has 2 heterocycles. The molecule has 0 aromatic heterocycles. The number of rotatable bonds is 6. The van der Waals surface area contributed by atoms with E-state index in [1.165, 1.54) is 11.1 Å². The van der Waals surface area contributed by atoms with E-state index in [0.717, 1.165) is 30.8 Å². The molecule has 0 bridgehead atoms. The molecule has 0 fully saturated rings. The van der Waals surface area contributed by atoms with Crippen molar-refractivity contribution in [1.29, 1.82) is 0 Å². The number of carboxylic acid groups (broad SMARTS) is 1. The first-order valence-electron chi connectivity index (χ1n) is 11.9. The van der Waals surface area contributed by atoms with Crippen LogP contribution >= 0.6 is 0 Å². The van der Waals surface area contributed by atoms with Crippen molar-refractivity contribution in [1.82, 2.24) is 10.2 Å². The maximum Gasteiger partial charge on any atom is 0.408 e. The van der Waals surface area contributed by atoms with Gasteiger partial charge in [0.15, 0.2) is 11.5 Å². The number of nitrogens with one attached hydrogen (secondary N) is 1. The van der Waals surface area contributed by atoms with Gasteiger partial charge in [-0.1, -0.05) is 42.5 Å². The normalized spacial score (nSPS) is 25.4. The fourth-order valence-corrected chi connectivity index (χ4v) is 5.52. The Morgan fingerprint density at radius 2 is 2.06 bits per heavy atom. The zero-order valence-electron chi connectivity index (χ0n) is 19.9. The van der Waals surface area contributed by atoms with Crippen LogP contribution in [-0.4, -0.2) is 61.0 Å². The number of carbonyl (C=O) groups excluding carboxylic acids is 1. The van der Waals surface area contributed by atoms with Crippen LogP contribution in [0, 0.1) is 0 Å². The third-order valence-corrected chi connectivity index (χ3v) is 7.26. The number of carboxylic acids is 1. The van der Waals surface area contributed by atoms with E-state index in [1.54, 1.807) is 7.11 Å². The molecule has 184 valence electrons. The Kier molecular flexibility index (Phi) is 6.15. The summed E-state index contributed by atoms with van der Waals surface area (Å²) in [5.74, 6) is 0.366. The minimum absolute atomic E-state index is 0.173. The minimum Gasteiger partial charge on any atom is -0.493 e. The van der Waals surface area contributed by atoms with Gasteiger partial charge in [-0.15, -0.1) is 0 Å². The number of hydrogen-bond donors (Lipinski definition) is 2. The molecule has 35 heavy (non-hydrogen) atoms. The molecule has 3 aliphatic rings. The maximum absolute atomic E-state index is 12.6. The molecule has 0 saturated heterocycles. The van der Waals surface area contributed by atoms with Crippen LogP contribution in [0.25, 0.3) is 0 Å². The first-order valence-corrected chi connectivity index (χ1v) is 11.9. The van der Waals surface area contributed by atoms with Crippen molar-refractivity contribution in [3.63, 3.8) is 0 Å². The van der Waals surface area contributed by atoms with Crippen LogP contribution in [0.4, 0.5) is 4.79 Å². The molecule has 4 unspecified atom stereocenters. The smallest absolute Gasteiger partial charge is 0.408 e. The summed E-state index contributed by atoms with van der Waals surface area (Å²) in [4.78, 5) is 26.7. The van der Waals surface area contributed by atoms with Gasteiger partial charge >= 0.3 is 12.1 Å². The van der Waals surface area contributed by atoms with E-state index in [1.807, 2.05) is 42.5 Å². The Hall–Kier alpha value is -3.52. The van der Waals surface area contributed by atoms with Crippen LogP contribution in [0.15, 0.2) is 54.6 Å². The summed E-state index contributed by atoms with van der Waals surface area (Å²) >= 11 is 0. The fourth-order valence-electron chi connectivity index (χ4n) is 5.52. The molecular weight excluding hydrogens is 448 g/mol. The molecule has 4 atom stereocenters. The highest BCUT2D eigenvalue weighted by Crippen LogP contribution is 2.55. The standard InChI is InChI=1S/C27H30N2O6/c1-29-13-12-27-11-10-19(15-22(27)35-24-21(33-2)9-8-18(16-29)23(24)27)34-26(32)28-20(25(30)31)14-17-6-4-3-5-7-17/h3-11,19-20,22H,12-16H2,1-2H3,(H,28,32)(H,30,31). The first-order chi connectivity index (χ1) is 16.9. The van der Waals surface area contributed by atoms with Gasteiger partial charge in [0.1, 0.15) is 18.2 Å². The van der Waals surface area contributed by atoms with Crippen molar-refractivity contribution in [2.45, 2.75) is 49.5 Å². The van der Waals surface area contributed by atoms with Gasteiger partial charge in [0, 0.05) is 24.9 Å². The predicted octanol–water partition coefficient (Wildman–Crippen LogP) is 3.28. The van der Waals surface area contributed by atoms with Crippen LogP contribution in [0.3, 0.4) is 0 Å². The Morgan fingerprint density at radius 3 is 2.80 bits per heavy atom. The van der Waals surface area contributed by atoms with E-state index < -0.39 is 24.2 Å².